The number of oxazole rings is 1. The molecule has 160 valence electrons. The van der Waals surface area contributed by atoms with E-state index in [2.05, 4.69) is 0 Å². The zero-order chi connectivity index (χ0) is 22.2. The summed E-state index contributed by atoms with van der Waals surface area (Å²) in [6.45, 7) is 4.51. The normalized spacial score (nSPS) is 11.4. The van der Waals surface area contributed by atoms with Gasteiger partial charge in [-0.3, -0.25) is 13.9 Å². The van der Waals surface area contributed by atoms with E-state index in [1.807, 2.05) is 68.4 Å². The van der Waals surface area contributed by atoms with E-state index in [9.17, 15) is 9.59 Å². The molecule has 2 aromatic heterocycles. The number of hydrogen-bond donors (Lipinski definition) is 0. The largest absolute Gasteiger partial charge is 0.419 e. The second-order valence-electron chi connectivity index (χ2n) is 7.66. The maximum absolute atomic E-state index is 13.4. The Balaban J connectivity index is 1.55. The molecule has 5 aromatic rings. The quantitative estimate of drug-likeness (QED) is 0.291. The van der Waals surface area contributed by atoms with E-state index in [0.717, 1.165) is 22.3 Å². The molecule has 0 saturated heterocycles. The van der Waals surface area contributed by atoms with E-state index in [4.69, 9.17) is 9.40 Å². The predicted molar refractivity (Wildman–Crippen MR) is 128 cm³/mol. The van der Waals surface area contributed by atoms with Crippen molar-refractivity contribution < 1.29 is 4.42 Å². The second-order valence-corrected chi connectivity index (χ2v) is 8.72. The number of aryl methyl sites for hydroxylation is 3. The first-order valence-electron chi connectivity index (χ1n) is 10.3. The summed E-state index contributed by atoms with van der Waals surface area (Å²) in [5.74, 6) is 0.170. The molecule has 7 heteroatoms. The molecule has 0 unspecified atom stereocenters. The van der Waals surface area contributed by atoms with Crippen LogP contribution in [0.1, 0.15) is 11.1 Å². The molecule has 0 radical (unpaired) electrons. The second kappa shape index (κ2) is 8.16. The minimum atomic E-state index is -0.384. The minimum absolute atomic E-state index is 0.104. The highest BCUT2D eigenvalue weighted by molar-refractivity contribution is 7.99. The molecule has 0 aliphatic carbocycles. The predicted octanol–water partition coefficient (Wildman–Crippen LogP) is 4.70. The SMILES string of the molecule is Cc1ccc(-n2c(SCCn3c(=O)oc4ccccc43)nc3ccccc3c2=O)cc1C. The average molecular weight is 444 g/mol. The maximum atomic E-state index is 13.4. The van der Waals surface area contributed by atoms with Crippen molar-refractivity contribution in [2.24, 2.45) is 0 Å². The van der Waals surface area contributed by atoms with Crippen molar-refractivity contribution in [3.63, 3.8) is 0 Å². The molecule has 0 bridgehead atoms. The third kappa shape index (κ3) is 3.54. The first-order valence-corrected chi connectivity index (χ1v) is 11.3. The Morgan fingerprint density at radius 1 is 0.938 bits per heavy atom. The summed E-state index contributed by atoms with van der Waals surface area (Å²) < 4.78 is 8.60. The Bertz CT molecular complexity index is 1580. The monoisotopic (exact) mass is 443 g/mol. The summed E-state index contributed by atoms with van der Waals surface area (Å²) in [6.07, 6.45) is 0. The number of nitrogens with zero attached hydrogens (tertiary/aromatic N) is 3. The molecule has 0 aliphatic rings. The van der Waals surface area contributed by atoms with Crippen LogP contribution in [0.15, 0.2) is 85.9 Å². The summed E-state index contributed by atoms with van der Waals surface area (Å²) in [5.41, 5.74) is 4.93. The van der Waals surface area contributed by atoms with E-state index in [1.165, 1.54) is 11.8 Å². The molecule has 0 saturated carbocycles. The highest BCUT2D eigenvalue weighted by Gasteiger charge is 2.15. The summed E-state index contributed by atoms with van der Waals surface area (Å²) >= 11 is 1.45. The van der Waals surface area contributed by atoms with Crippen LogP contribution < -0.4 is 11.3 Å². The number of rotatable bonds is 5. The van der Waals surface area contributed by atoms with Crippen molar-refractivity contribution in [2.45, 2.75) is 25.5 Å². The summed E-state index contributed by atoms with van der Waals surface area (Å²) in [7, 11) is 0. The van der Waals surface area contributed by atoms with Crippen molar-refractivity contribution in [1.29, 1.82) is 0 Å². The molecular formula is C25H21N3O3S. The van der Waals surface area contributed by atoms with Crippen molar-refractivity contribution in [2.75, 3.05) is 5.75 Å². The van der Waals surface area contributed by atoms with Gasteiger partial charge >= 0.3 is 5.76 Å². The molecule has 6 nitrogen and oxygen atoms in total. The van der Waals surface area contributed by atoms with Gasteiger partial charge in [0.2, 0.25) is 0 Å². The zero-order valence-corrected chi connectivity index (χ0v) is 18.6. The lowest BCUT2D eigenvalue weighted by Gasteiger charge is -2.14. The van der Waals surface area contributed by atoms with Crippen molar-refractivity contribution in [3.05, 3.63) is 98.8 Å². The van der Waals surface area contributed by atoms with E-state index in [1.54, 1.807) is 21.3 Å². The number of hydrogen-bond acceptors (Lipinski definition) is 5. The Morgan fingerprint density at radius 3 is 2.56 bits per heavy atom. The highest BCUT2D eigenvalue weighted by Crippen LogP contribution is 2.23. The van der Waals surface area contributed by atoms with Crippen molar-refractivity contribution >= 4 is 33.8 Å². The van der Waals surface area contributed by atoms with Crippen LogP contribution in [0.4, 0.5) is 0 Å². The average Bonchev–Trinajstić information content (AvgIpc) is 3.11. The van der Waals surface area contributed by atoms with Gasteiger partial charge in [0.05, 0.1) is 22.1 Å². The summed E-state index contributed by atoms with van der Waals surface area (Å²) in [5, 5.41) is 1.17. The lowest BCUT2D eigenvalue weighted by Crippen LogP contribution is -2.22. The van der Waals surface area contributed by atoms with Crippen LogP contribution in [-0.2, 0) is 6.54 Å². The van der Waals surface area contributed by atoms with Crippen LogP contribution in [0.5, 0.6) is 0 Å². The standard InChI is InChI=1S/C25H21N3O3S/c1-16-11-12-18(15-17(16)2)28-23(29)19-7-3-4-8-20(19)26-24(28)32-14-13-27-21-9-5-6-10-22(21)31-25(27)30/h3-12,15H,13-14H2,1-2H3. The van der Waals surface area contributed by atoms with Gasteiger partial charge in [-0.1, -0.05) is 42.1 Å². The molecule has 0 N–H and O–H groups in total. The lowest BCUT2D eigenvalue weighted by molar-refractivity contribution is 0.514. The molecule has 2 heterocycles. The first kappa shape index (κ1) is 20.3. The van der Waals surface area contributed by atoms with Gasteiger partial charge in [0, 0.05) is 12.3 Å². The number of benzene rings is 3. The van der Waals surface area contributed by atoms with E-state index in [-0.39, 0.29) is 11.3 Å². The van der Waals surface area contributed by atoms with Crippen LogP contribution in [0.25, 0.3) is 27.7 Å². The van der Waals surface area contributed by atoms with Gasteiger partial charge in [0.15, 0.2) is 10.7 Å². The van der Waals surface area contributed by atoms with E-state index >= 15 is 0 Å². The topological polar surface area (TPSA) is 70.0 Å². The van der Waals surface area contributed by atoms with Gasteiger partial charge < -0.3 is 4.42 Å². The van der Waals surface area contributed by atoms with E-state index < -0.39 is 0 Å². The highest BCUT2D eigenvalue weighted by atomic mass is 32.2. The Hall–Kier alpha value is -3.58. The van der Waals surface area contributed by atoms with Gasteiger partial charge in [-0.05, 0) is 61.4 Å². The number of para-hydroxylation sites is 3. The fourth-order valence-electron chi connectivity index (χ4n) is 3.76. The van der Waals surface area contributed by atoms with Gasteiger partial charge in [-0.15, -0.1) is 0 Å². The molecule has 3 aromatic carbocycles. The Labute approximate surface area is 188 Å². The number of thioether (sulfide) groups is 1. The van der Waals surface area contributed by atoms with Gasteiger partial charge in [-0.25, -0.2) is 9.78 Å². The lowest BCUT2D eigenvalue weighted by atomic mass is 10.1. The van der Waals surface area contributed by atoms with Gasteiger partial charge in [0.25, 0.3) is 5.56 Å². The fourth-order valence-corrected chi connectivity index (χ4v) is 4.69. The van der Waals surface area contributed by atoms with Crippen LogP contribution in [0.2, 0.25) is 0 Å². The zero-order valence-electron chi connectivity index (χ0n) is 17.7. The molecule has 32 heavy (non-hydrogen) atoms. The van der Waals surface area contributed by atoms with Crippen molar-refractivity contribution in [3.8, 4) is 5.69 Å². The maximum Gasteiger partial charge on any atom is 0.419 e. The molecular weight excluding hydrogens is 422 g/mol. The number of fused-ring (bicyclic) bond motifs is 2. The van der Waals surface area contributed by atoms with Crippen LogP contribution >= 0.6 is 11.8 Å². The minimum Gasteiger partial charge on any atom is -0.408 e. The van der Waals surface area contributed by atoms with Crippen LogP contribution in [0, 0.1) is 13.8 Å². The van der Waals surface area contributed by atoms with Crippen LogP contribution in [0.3, 0.4) is 0 Å². The number of aromatic nitrogens is 3. The molecule has 0 spiro atoms. The van der Waals surface area contributed by atoms with E-state index in [0.29, 0.717) is 33.9 Å². The molecule has 0 aliphatic heterocycles. The summed E-state index contributed by atoms with van der Waals surface area (Å²) in [6, 6.07) is 20.7. The molecule has 5 rings (SSSR count). The Kier molecular flexibility index (Phi) is 5.19. The molecule has 0 atom stereocenters. The Morgan fingerprint density at radius 2 is 1.72 bits per heavy atom. The van der Waals surface area contributed by atoms with Crippen LogP contribution in [-0.4, -0.2) is 19.9 Å². The third-order valence-corrected chi connectivity index (χ3v) is 6.53. The smallest absolute Gasteiger partial charge is 0.408 e. The third-order valence-electron chi connectivity index (χ3n) is 5.61. The van der Waals surface area contributed by atoms with Gasteiger partial charge in [-0.2, -0.15) is 0 Å². The summed E-state index contributed by atoms with van der Waals surface area (Å²) in [4.78, 5) is 30.5. The first-order chi connectivity index (χ1) is 15.5. The van der Waals surface area contributed by atoms with Gasteiger partial charge in [0.1, 0.15) is 0 Å². The van der Waals surface area contributed by atoms with Crippen molar-refractivity contribution in [1.82, 2.24) is 14.1 Å². The molecule has 0 amide bonds. The molecule has 0 fully saturated rings. The fraction of sp³-hybridized carbons (Fsp3) is 0.160.